The van der Waals surface area contributed by atoms with Gasteiger partial charge >= 0.3 is 0 Å². The van der Waals surface area contributed by atoms with Crippen molar-refractivity contribution in [1.82, 2.24) is 10.1 Å². The first-order chi connectivity index (χ1) is 12.2. The van der Waals surface area contributed by atoms with Crippen LogP contribution in [0.3, 0.4) is 0 Å². The number of carbonyl (C=O) groups excluding carboxylic acids is 1. The molecule has 128 valence electrons. The van der Waals surface area contributed by atoms with Crippen molar-refractivity contribution in [3.63, 3.8) is 0 Å². The molecule has 0 saturated carbocycles. The first-order valence-corrected chi connectivity index (χ1v) is 8.33. The van der Waals surface area contributed by atoms with Gasteiger partial charge in [-0.15, -0.1) is 0 Å². The Labute approximate surface area is 144 Å². The molecule has 3 aromatic rings. The number of para-hydroxylation sites is 2. The van der Waals surface area contributed by atoms with Crippen LogP contribution in [0.1, 0.15) is 5.69 Å². The smallest absolute Gasteiger partial charge is 0.228 e. The number of carbonyl (C=O) groups is 1. The summed E-state index contributed by atoms with van der Waals surface area (Å²) >= 11 is 0. The third-order valence-corrected chi connectivity index (χ3v) is 4.60. The molecule has 0 aliphatic carbocycles. The summed E-state index contributed by atoms with van der Waals surface area (Å²) in [6.07, 6.45) is 0.219. The zero-order valence-electron chi connectivity index (χ0n) is 13.7. The molecular weight excluding hydrogens is 321 g/mol. The number of hydrogen-bond acceptors (Lipinski definition) is 4. The number of aromatic nitrogens is 1. The predicted octanol–water partition coefficient (Wildman–Crippen LogP) is 2.86. The van der Waals surface area contributed by atoms with Gasteiger partial charge in [-0.2, -0.15) is 0 Å². The lowest BCUT2D eigenvalue weighted by molar-refractivity contribution is -0.130. The van der Waals surface area contributed by atoms with Gasteiger partial charge in [0.15, 0.2) is 5.58 Å². The average Bonchev–Trinajstić information content (AvgIpc) is 3.05. The summed E-state index contributed by atoms with van der Waals surface area (Å²) in [5, 5.41) is 4.90. The molecule has 6 heteroatoms. The van der Waals surface area contributed by atoms with E-state index < -0.39 is 0 Å². The van der Waals surface area contributed by atoms with Gasteiger partial charge in [-0.3, -0.25) is 4.79 Å². The number of piperazine rings is 1. The van der Waals surface area contributed by atoms with Gasteiger partial charge in [-0.25, -0.2) is 4.39 Å². The van der Waals surface area contributed by atoms with E-state index in [1.54, 1.807) is 17.0 Å². The van der Waals surface area contributed by atoms with Crippen LogP contribution in [-0.2, 0) is 11.2 Å². The van der Waals surface area contributed by atoms with E-state index >= 15 is 0 Å². The van der Waals surface area contributed by atoms with Gasteiger partial charge in [0.25, 0.3) is 0 Å². The molecule has 2 aromatic carbocycles. The third kappa shape index (κ3) is 3.07. The zero-order valence-corrected chi connectivity index (χ0v) is 13.7. The molecular formula is C19H18FN3O2. The summed E-state index contributed by atoms with van der Waals surface area (Å²) in [4.78, 5) is 16.4. The standard InChI is InChI=1S/C19H18FN3O2/c20-15-6-2-3-7-17(15)22-9-11-23(12-10-22)19(24)13-16-14-5-1-4-8-18(14)25-21-16/h1-8H,9-13H2. The van der Waals surface area contributed by atoms with Crippen LogP contribution in [0.4, 0.5) is 10.1 Å². The van der Waals surface area contributed by atoms with Crippen LogP contribution in [0, 0.1) is 5.82 Å². The number of benzene rings is 2. The van der Waals surface area contributed by atoms with Crippen molar-refractivity contribution in [2.24, 2.45) is 0 Å². The van der Waals surface area contributed by atoms with Crippen molar-refractivity contribution in [2.75, 3.05) is 31.1 Å². The van der Waals surface area contributed by atoms with Crippen molar-refractivity contribution in [2.45, 2.75) is 6.42 Å². The summed E-state index contributed by atoms with van der Waals surface area (Å²) in [5.41, 5.74) is 1.95. The Hall–Kier alpha value is -2.89. The monoisotopic (exact) mass is 339 g/mol. The fraction of sp³-hybridized carbons (Fsp3) is 0.263. The number of anilines is 1. The van der Waals surface area contributed by atoms with Gasteiger partial charge in [-0.05, 0) is 24.3 Å². The van der Waals surface area contributed by atoms with Crippen molar-refractivity contribution >= 4 is 22.6 Å². The Kier molecular flexibility index (Phi) is 4.09. The quantitative estimate of drug-likeness (QED) is 0.736. The maximum Gasteiger partial charge on any atom is 0.228 e. The normalized spacial score (nSPS) is 14.9. The molecule has 0 bridgehead atoms. The van der Waals surface area contributed by atoms with Crippen molar-refractivity contribution in [3.8, 4) is 0 Å². The fourth-order valence-electron chi connectivity index (χ4n) is 3.23. The van der Waals surface area contributed by atoms with E-state index in [0.29, 0.717) is 43.1 Å². The maximum atomic E-state index is 13.9. The van der Waals surface area contributed by atoms with Crippen LogP contribution in [0.5, 0.6) is 0 Å². The number of halogens is 1. The SMILES string of the molecule is O=C(Cc1noc2ccccc12)N1CCN(c2ccccc2F)CC1. The molecule has 1 aromatic heterocycles. The second-order valence-electron chi connectivity index (χ2n) is 6.12. The van der Waals surface area contributed by atoms with Gasteiger partial charge in [0.2, 0.25) is 5.91 Å². The largest absolute Gasteiger partial charge is 0.366 e. The third-order valence-electron chi connectivity index (χ3n) is 4.60. The lowest BCUT2D eigenvalue weighted by atomic mass is 10.1. The van der Waals surface area contributed by atoms with Crippen molar-refractivity contribution in [1.29, 1.82) is 0 Å². The number of fused-ring (bicyclic) bond motifs is 1. The minimum Gasteiger partial charge on any atom is -0.366 e. The van der Waals surface area contributed by atoms with E-state index in [1.807, 2.05) is 35.2 Å². The highest BCUT2D eigenvalue weighted by atomic mass is 19.1. The molecule has 1 aliphatic rings. The van der Waals surface area contributed by atoms with Gasteiger partial charge in [0.1, 0.15) is 11.5 Å². The van der Waals surface area contributed by atoms with E-state index in [2.05, 4.69) is 5.16 Å². The number of rotatable bonds is 3. The van der Waals surface area contributed by atoms with E-state index in [4.69, 9.17) is 4.52 Å². The highest BCUT2D eigenvalue weighted by Gasteiger charge is 2.24. The Morgan fingerprint density at radius 2 is 1.76 bits per heavy atom. The molecule has 0 spiro atoms. The Morgan fingerprint density at radius 1 is 1.04 bits per heavy atom. The fourth-order valence-corrected chi connectivity index (χ4v) is 3.23. The second-order valence-corrected chi connectivity index (χ2v) is 6.12. The highest BCUT2D eigenvalue weighted by molar-refractivity contribution is 5.86. The number of hydrogen-bond donors (Lipinski definition) is 0. The molecule has 0 N–H and O–H groups in total. The lowest BCUT2D eigenvalue weighted by Crippen LogP contribution is -2.49. The summed E-state index contributed by atoms with van der Waals surface area (Å²) in [6.45, 7) is 2.38. The number of nitrogens with zero attached hydrogens (tertiary/aromatic N) is 3. The highest BCUT2D eigenvalue weighted by Crippen LogP contribution is 2.21. The van der Waals surface area contributed by atoms with Crippen molar-refractivity contribution < 1.29 is 13.7 Å². The average molecular weight is 339 g/mol. The molecule has 25 heavy (non-hydrogen) atoms. The van der Waals surface area contributed by atoms with Crippen LogP contribution in [0.25, 0.3) is 11.0 Å². The zero-order chi connectivity index (χ0) is 17.2. The molecule has 0 radical (unpaired) electrons. The predicted molar refractivity (Wildman–Crippen MR) is 92.9 cm³/mol. The summed E-state index contributed by atoms with van der Waals surface area (Å²) in [6, 6.07) is 14.3. The molecule has 5 nitrogen and oxygen atoms in total. The summed E-state index contributed by atoms with van der Waals surface area (Å²) in [7, 11) is 0. The summed E-state index contributed by atoms with van der Waals surface area (Å²) in [5.74, 6) is -0.205. The lowest BCUT2D eigenvalue weighted by Gasteiger charge is -2.36. The molecule has 1 saturated heterocycles. The molecule has 2 heterocycles. The summed E-state index contributed by atoms with van der Waals surface area (Å²) < 4.78 is 19.1. The molecule has 0 unspecified atom stereocenters. The first-order valence-electron chi connectivity index (χ1n) is 8.33. The van der Waals surface area contributed by atoms with Gasteiger partial charge in [0.05, 0.1) is 12.1 Å². The minimum atomic E-state index is -0.226. The minimum absolute atomic E-state index is 0.0206. The topological polar surface area (TPSA) is 49.6 Å². The number of amides is 1. The van der Waals surface area contributed by atoms with E-state index in [0.717, 1.165) is 5.39 Å². The molecule has 1 amide bonds. The molecule has 0 atom stereocenters. The Balaban J connectivity index is 1.41. The van der Waals surface area contributed by atoms with E-state index in [-0.39, 0.29) is 18.1 Å². The Bertz CT molecular complexity index is 900. The van der Waals surface area contributed by atoms with Crippen molar-refractivity contribution in [3.05, 3.63) is 60.0 Å². The van der Waals surface area contributed by atoms with E-state index in [1.165, 1.54) is 6.07 Å². The van der Waals surface area contributed by atoms with Crippen LogP contribution < -0.4 is 4.90 Å². The van der Waals surface area contributed by atoms with Gasteiger partial charge < -0.3 is 14.3 Å². The molecule has 1 aliphatic heterocycles. The first kappa shape index (κ1) is 15.6. The van der Waals surface area contributed by atoms with Crippen LogP contribution in [0.15, 0.2) is 53.1 Å². The molecule has 4 rings (SSSR count). The van der Waals surface area contributed by atoms with Crippen LogP contribution in [-0.4, -0.2) is 42.1 Å². The Morgan fingerprint density at radius 3 is 2.56 bits per heavy atom. The molecule has 1 fully saturated rings. The van der Waals surface area contributed by atoms with Crippen LogP contribution in [0.2, 0.25) is 0 Å². The van der Waals surface area contributed by atoms with Gasteiger partial charge in [0, 0.05) is 31.6 Å². The van der Waals surface area contributed by atoms with E-state index in [9.17, 15) is 9.18 Å². The van der Waals surface area contributed by atoms with Gasteiger partial charge in [-0.1, -0.05) is 29.4 Å². The maximum absolute atomic E-state index is 13.9. The second kappa shape index (κ2) is 6.55. The van der Waals surface area contributed by atoms with Crippen LogP contribution >= 0.6 is 0 Å².